The molecule has 216 valence electrons. The van der Waals surface area contributed by atoms with Crippen molar-refractivity contribution in [3.8, 4) is 0 Å². The van der Waals surface area contributed by atoms with Gasteiger partial charge in [0.1, 0.15) is 28.8 Å². The zero-order chi connectivity index (χ0) is 30.2. The molecule has 0 radical (unpaired) electrons. The second-order valence-electron chi connectivity index (χ2n) is 10.6. The number of amides is 2. The number of pyridine rings is 1. The average Bonchev–Trinajstić information content (AvgIpc) is 3.56. The molecule has 1 spiro atoms. The zero-order valence-corrected chi connectivity index (χ0v) is 23.6. The number of hydrogen-bond donors (Lipinski definition) is 2. The van der Waals surface area contributed by atoms with Crippen LogP contribution in [0.3, 0.4) is 0 Å². The number of aryl methyl sites for hydroxylation is 2. The van der Waals surface area contributed by atoms with Gasteiger partial charge in [-0.15, -0.1) is 0 Å². The van der Waals surface area contributed by atoms with Crippen molar-refractivity contribution in [2.45, 2.75) is 39.7 Å². The van der Waals surface area contributed by atoms with Gasteiger partial charge in [0, 0.05) is 36.5 Å². The number of carbonyl (C=O) groups is 2. The predicted molar refractivity (Wildman–Crippen MR) is 154 cm³/mol. The fourth-order valence-electron chi connectivity index (χ4n) is 5.74. The number of hydrogen-bond acceptors (Lipinski definition) is 6. The molecule has 0 fully saturated rings. The summed E-state index contributed by atoms with van der Waals surface area (Å²) in [6.45, 7) is 8.84. The molecule has 42 heavy (non-hydrogen) atoms. The van der Waals surface area contributed by atoms with E-state index in [4.69, 9.17) is 10.3 Å². The summed E-state index contributed by atoms with van der Waals surface area (Å²) in [7, 11) is 0. The second kappa shape index (κ2) is 11.2. The van der Waals surface area contributed by atoms with E-state index in [9.17, 15) is 18.4 Å². The van der Waals surface area contributed by atoms with Gasteiger partial charge in [-0.05, 0) is 62.1 Å². The molecule has 3 aromatic rings. The molecular weight excluding hydrogens is 540 g/mol. The van der Waals surface area contributed by atoms with Gasteiger partial charge in [0.2, 0.25) is 5.91 Å². The van der Waals surface area contributed by atoms with Crippen LogP contribution in [0.1, 0.15) is 57.2 Å². The minimum Gasteiger partial charge on any atom is -0.385 e. The van der Waals surface area contributed by atoms with Gasteiger partial charge in [0.25, 0.3) is 5.91 Å². The van der Waals surface area contributed by atoms with Crippen LogP contribution in [0.5, 0.6) is 0 Å². The molecule has 0 saturated heterocycles. The van der Waals surface area contributed by atoms with Gasteiger partial charge in [-0.3, -0.25) is 14.6 Å². The number of allylic oxidation sites excluding steroid dienone is 3. The molecule has 1 aliphatic carbocycles. The second-order valence-corrected chi connectivity index (χ2v) is 10.6. The summed E-state index contributed by atoms with van der Waals surface area (Å²) in [5, 5.41) is 6.65. The lowest BCUT2D eigenvalue weighted by molar-refractivity contribution is -0.126. The number of rotatable bonds is 8. The normalized spacial score (nSPS) is 18.7. The van der Waals surface area contributed by atoms with Gasteiger partial charge >= 0.3 is 0 Å². The van der Waals surface area contributed by atoms with Gasteiger partial charge in [0.05, 0.1) is 17.2 Å². The van der Waals surface area contributed by atoms with E-state index in [1.807, 2.05) is 18.2 Å². The van der Waals surface area contributed by atoms with Crippen LogP contribution in [0.15, 0.2) is 77.3 Å². The number of nitrogens with zero attached hydrogens (tertiary/aromatic N) is 3. The monoisotopic (exact) mass is 571 g/mol. The van der Waals surface area contributed by atoms with Crippen LogP contribution >= 0.6 is 0 Å². The van der Waals surface area contributed by atoms with E-state index in [2.05, 4.69) is 22.0 Å². The third-order valence-electron chi connectivity index (χ3n) is 7.89. The molecule has 2 atom stereocenters. The molecule has 1 aromatic carbocycles. The first-order valence-corrected chi connectivity index (χ1v) is 13.5. The number of fused-ring (bicyclic) bond motifs is 1. The van der Waals surface area contributed by atoms with E-state index in [-0.39, 0.29) is 18.4 Å². The lowest BCUT2D eigenvalue weighted by atomic mass is 9.78. The number of nitrogens with one attached hydrogen (secondary N) is 1. The topological polar surface area (TPSA) is 114 Å². The van der Waals surface area contributed by atoms with Crippen LogP contribution in [0.25, 0.3) is 6.08 Å². The van der Waals surface area contributed by atoms with Gasteiger partial charge < -0.3 is 20.5 Å². The van der Waals surface area contributed by atoms with Crippen molar-refractivity contribution in [2.75, 3.05) is 6.54 Å². The number of carbonyl (C=O) groups excluding carboxylic acids is 2. The number of benzene rings is 1. The van der Waals surface area contributed by atoms with E-state index in [1.54, 1.807) is 45.2 Å². The van der Waals surface area contributed by atoms with Crippen LogP contribution in [-0.4, -0.2) is 33.4 Å². The molecule has 8 nitrogen and oxygen atoms in total. The number of nitrogens with two attached hydrogens (primary N) is 1. The maximum absolute atomic E-state index is 14.0. The van der Waals surface area contributed by atoms with E-state index in [0.29, 0.717) is 41.2 Å². The van der Waals surface area contributed by atoms with Crippen molar-refractivity contribution >= 4 is 17.9 Å². The highest BCUT2D eigenvalue weighted by Gasteiger charge is 2.51. The summed E-state index contributed by atoms with van der Waals surface area (Å²) >= 11 is 0. The molecule has 2 amide bonds. The number of aromatic nitrogens is 2. The van der Waals surface area contributed by atoms with Crippen molar-refractivity contribution < 1.29 is 22.9 Å². The molecular formula is C32H31F2N5O3. The molecule has 1 aliphatic heterocycles. The van der Waals surface area contributed by atoms with Gasteiger partial charge in [-0.2, -0.15) is 0 Å². The first-order chi connectivity index (χ1) is 20.0. The highest BCUT2D eigenvalue weighted by atomic mass is 19.1. The Balaban J connectivity index is 1.41. The molecule has 0 saturated carbocycles. The molecule has 2 aliphatic rings. The van der Waals surface area contributed by atoms with E-state index >= 15 is 0 Å². The average molecular weight is 572 g/mol. The first-order valence-electron chi connectivity index (χ1n) is 13.5. The first kappa shape index (κ1) is 28.7. The molecule has 1 unspecified atom stereocenters. The molecule has 2 aromatic heterocycles. The van der Waals surface area contributed by atoms with Crippen LogP contribution in [0.2, 0.25) is 0 Å². The fraction of sp³-hybridized carbons (Fsp3) is 0.250. The summed E-state index contributed by atoms with van der Waals surface area (Å²) in [6, 6.07) is 4.52. The smallest absolute Gasteiger partial charge is 0.260 e. The van der Waals surface area contributed by atoms with E-state index < -0.39 is 23.1 Å². The quantitative estimate of drug-likeness (QED) is 0.368. The van der Waals surface area contributed by atoms with Crippen molar-refractivity contribution in [2.24, 2.45) is 11.1 Å². The minimum absolute atomic E-state index is 0.126. The third-order valence-corrected chi connectivity index (χ3v) is 7.89. The third kappa shape index (κ3) is 5.15. The Morgan fingerprint density at radius 3 is 2.62 bits per heavy atom. The van der Waals surface area contributed by atoms with Crippen molar-refractivity contribution in [1.29, 1.82) is 0 Å². The Morgan fingerprint density at radius 2 is 1.95 bits per heavy atom. The van der Waals surface area contributed by atoms with Crippen molar-refractivity contribution in [3.63, 3.8) is 0 Å². The Hall–Kier alpha value is -4.86. The SMILES string of the molecule is C=C/C=C\C1=C(N)NC(=O)C12Cc1cc(/C=C/CN(C(=O)c3c(C)noc3C)[C@H](C)c3cc(F)cc(F)c3)cnc1C2. The van der Waals surface area contributed by atoms with Crippen LogP contribution in [-0.2, 0) is 17.6 Å². The van der Waals surface area contributed by atoms with Crippen LogP contribution in [0.4, 0.5) is 8.78 Å². The van der Waals surface area contributed by atoms with Gasteiger partial charge in [0.15, 0.2) is 0 Å². The fourth-order valence-corrected chi connectivity index (χ4v) is 5.74. The summed E-state index contributed by atoms with van der Waals surface area (Å²) in [4.78, 5) is 32.8. The Bertz CT molecular complexity index is 1650. The molecule has 0 bridgehead atoms. The van der Waals surface area contributed by atoms with Crippen molar-refractivity contribution in [3.05, 3.63) is 124 Å². The summed E-state index contributed by atoms with van der Waals surface area (Å²) in [6.07, 6.45) is 11.4. The molecule has 10 heteroatoms. The van der Waals surface area contributed by atoms with Crippen LogP contribution < -0.4 is 11.1 Å². The lowest BCUT2D eigenvalue weighted by Gasteiger charge is -2.29. The summed E-state index contributed by atoms with van der Waals surface area (Å²) in [5.41, 5.74) is 9.60. The summed E-state index contributed by atoms with van der Waals surface area (Å²) < 4.78 is 33.3. The highest BCUT2D eigenvalue weighted by Crippen LogP contribution is 2.46. The summed E-state index contributed by atoms with van der Waals surface area (Å²) in [5.74, 6) is -1.30. The van der Waals surface area contributed by atoms with Gasteiger partial charge in [-0.1, -0.05) is 42.1 Å². The van der Waals surface area contributed by atoms with E-state index in [1.165, 1.54) is 17.0 Å². The van der Waals surface area contributed by atoms with Crippen molar-refractivity contribution in [1.82, 2.24) is 20.4 Å². The largest absolute Gasteiger partial charge is 0.385 e. The minimum atomic E-state index is -0.825. The number of halogens is 2. The van der Waals surface area contributed by atoms with Crippen LogP contribution in [0, 0.1) is 30.9 Å². The lowest BCUT2D eigenvalue weighted by Crippen LogP contribution is -2.35. The Kier molecular flexibility index (Phi) is 7.64. The van der Waals surface area contributed by atoms with Gasteiger partial charge in [-0.25, -0.2) is 8.78 Å². The molecule has 5 rings (SSSR count). The maximum Gasteiger partial charge on any atom is 0.260 e. The molecule has 3 N–H and O–H groups in total. The maximum atomic E-state index is 14.0. The zero-order valence-electron chi connectivity index (χ0n) is 23.6. The Labute approximate surface area is 242 Å². The molecule has 3 heterocycles. The predicted octanol–water partition coefficient (Wildman–Crippen LogP) is 5.01. The van der Waals surface area contributed by atoms with E-state index in [0.717, 1.165) is 28.5 Å². The highest BCUT2D eigenvalue weighted by molar-refractivity contribution is 5.96. The Morgan fingerprint density at radius 1 is 1.21 bits per heavy atom. The standard InChI is InChI=1S/C32H31F2N5O3/c1-5-6-9-26-29(35)37-31(41)32(26)15-23-11-21(17-36-27(23)16-32)8-7-10-39(30(40)28-18(2)38-42-20(28)4)19(3)22-12-24(33)14-25(34)13-22/h5-9,11-14,17,19H,1,10,15-16,35H2,2-4H3,(H,37,41)/b8-7+,9-6-/t19-,32?/m1/s1.